The molecule has 0 aromatic rings. The molecule has 1 heterocycles. The lowest BCUT2D eigenvalue weighted by atomic mass is 10.0. The lowest BCUT2D eigenvalue weighted by molar-refractivity contribution is -0.0157. The van der Waals surface area contributed by atoms with Gasteiger partial charge in [0.1, 0.15) is 5.54 Å². The Hall–Kier alpha value is -0.630. The summed E-state index contributed by atoms with van der Waals surface area (Å²) in [6.45, 7) is 10.5. The van der Waals surface area contributed by atoms with E-state index in [1.54, 1.807) is 0 Å². The molecule has 4 nitrogen and oxygen atoms in total. The number of hydrogen-bond acceptors (Lipinski definition) is 4. The quantitative estimate of drug-likeness (QED) is 0.761. The van der Waals surface area contributed by atoms with Crippen molar-refractivity contribution in [1.29, 1.82) is 5.26 Å². The number of nitrogens with zero attached hydrogens (tertiary/aromatic N) is 2. The Balaban J connectivity index is 2.56. The molecule has 2 atom stereocenters. The molecule has 1 rings (SSSR count). The highest BCUT2D eigenvalue weighted by atomic mass is 16.5. The van der Waals surface area contributed by atoms with E-state index in [2.05, 4.69) is 30.1 Å². The van der Waals surface area contributed by atoms with Crippen LogP contribution in [0, 0.1) is 11.3 Å². The predicted molar refractivity (Wildman–Crippen MR) is 68.8 cm³/mol. The van der Waals surface area contributed by atoms with Crippen LogP contribution in [-0.4, -0.2) is 49.3 Å². The molecule has 1 fully saturated rings. The fourth-order valence-electron chi connectivity index (χ4n) is 2.21. The van der Waals surface area contributed by atoms with Crippen molar-refractivity contribution in [2.45, 2.75) is 45.2 Å². The summed E-state index contributed by atoms with van der Waals surface area (Å²) in [5, 5.41) is 12.7. The summed E-state index contributed by atoms with van der Waals surface area (Å²) in [5.74, 6) is 0. The zero-order chi connectivity index (χ0) is 12.7. The first-order chi connectivity index (χ1) is 8.15. The maximum absolute atomic E-state index is 9.33. The van der Waals surface area contributed by atoms with Gasteiger partial charge in [-0.25, -0.2) is 0 Å². The van der Waals surface area contributed by atoms with Crippen molar-refractivity contribution in [3.05, 3.63) is 0 Å². The fraction of sp³-hybridized carbons (Fsp3) is 0.923. The van der Waals surface area contributed by atoms with Gasteiger partial charge in [0.25, 0.3) is 0 Å². The Morgan fingerprint density at radius 2 is 2.29 bits per heavy atom. The minimum atomic E-state index is -0.444. The Bertz CT molecular complexity index is 264. The molecule has 1 saturated heterocycles. The average molecular weight is 239 g/mol. The SMILES string of the molecule is CCCNC(C)(C#N)CN1CCOCC1CC. The third-order valence-corrected chi connectivity index (χ3v) is 3.35. The van der Waals surface area contributed by atoms with Gasteiger partial charge < -0.3 is 4.74 Å². The van der Waals surface area contributed by atoms with Crippen LogP contribution in [0.5, 0.6) is 0 Å². The Morgan fingerprint density at radius 3 is 2.88 bits per heavy atom. The van der Waals surface area contributed by atoms with Crippen molar-refractivity contribution in [2.75, 3.05) is 32.8 Å². The molecule has 0 aromatic carbocycles. The number of hydrogen-bond donors (Lipinski definition) is 1. The van der Waals surface area contributed by atoms with Crippen molar-refractivity contribution in [3.8, 4) is 6.07 Å². The van der Waals surface area contributed by atoms with Crippen LogP contribution < -0.4 is 5.32 Å². The van der Waals surface area contributed by atoms with E-state index in [4.69, 9.17) is 4.74 Å². The monoisotopic (exact) mass is 239 g/mol. The Kier molecular flexibility index (Phi) is 5.90. The first-order valence-corrected chi connectivity index (χ1v) is 6.63. The number of morpholine rings is 1. The normalized spacial score (nSPS) is 25.2. The van der Waals surface area contributed by atoms with E-state index in [9.17, 15) is 5.26 Å². The summed E-state index contributed by atoms with van der Waals surface area (Å²) in [7, 11) is 0. The van der Waals surface area contributed by atoms with Crippen molar-refractivity contribution in [1.82, 2.24) is 10.2 Å². The van der Waals surface area contributed by atoms with Gasteiger partial charge in [-0.05, 0) is 26.3 Å². The maximum Gasteiger partial charge on any atom is 0.116 e. The van der Waals surface area contributed by atoms with E-state index in [-0.39, 0.29) is 0 Å². The van der Waals surface area contributed by atoms with E-state index in [1.807, 2.05) is 6.92 Å². The molecule has 0 bridgehead atoms. The minimum absolute atomic E-state index is 0.444. The number of ether oxygens (including phenoxy) is 1. The molecule has 0 spiro atoms. The van der Waals surface area contributed by atoms with Crippen LogP contribution in [-0.2, 0) is 4.74 Å². The third kappa shape index (κ3) is 4.27. The minimum Gasteiger partial charge on any atom is -0.378 e. The number of rotatable bonds is 6. The van der Waals surface area contributed by atoms with Crippen LogP contribution >= 0.6 is 0 Å². The number of nitrogens with one attached hydrogen (secondary N) is 1. The van der Waals surface area contributed by atoms with Crippen LogP contribution in [0.1, 0.15) is 33.6 Å². The zero-order valence-electron chi connectivity index (χ0n) is 11.3. The molecule has 2 unspecified atom stereocenters. The van der Waals surface area contributed by atoms with Crippen LogP contribution in [0.4, 0.5) is 0 Å². The van der Waals surface area contributed by atoms with Gasteiger partial charge in [0, 0.05) is 19.1 Å². The Labute approximate surface area is 105 Å². The summed E-state index contributed by atoms with van der Waals surface area (Å²) in [5.41, 5.74) is -0.444. The third-order valence-electron chi connectivity index (χ3n) is 3.35. The van der Waals surface area contributed by atoms with Gasteiger partial charge in [0.2, 0.25) is 0 Å². The van der Waals surface area contributed by atoms with Gasteiger partial charge in [0.05, 0.1) is 19.3 Å². The molecular weight excluding hydrogens is 214 g/mol. The van der Waals surface area contributed by atoms with Crippen LogP contribution in [0.25, 0.3) is 0 Å². The molecule has 17 heavy (non-hydrogen) atoms. The first kappa shape index (κ1) is 14.4. The van der Waals surface area contributed by atoms with Gasteiger partial charge in [-0.3, -0.25) is 10.2 Å². The highest BCUT2D eigenvalue weighted by molar-refractivity contribution is 5.06. The molecule has 1 N–H and O–H groups in total. The molecule has 0 saturated carbocycles. The zero-order valence-corrected chi connectivity index (χ0v) is 11.3. The highest BCUT2D eigenvalue weighted by Gasteiger charge is 2.30. The maximum atomic E-state index is 9.33. The molecular formula is C13H25N3O. The van der Waals surface area contributed by atoms with Gasteiger partial charge in [-0.2, -0.15) is 5.26 Å². The lowest BCUT2D eigenvalue weighted by Crippen LogP contribution is -2.56. The van der Waals surface area contributed by atoms with Crippen LogP contribution in [0.3, 0.4) is 0 Å². The Morgan fingerprint density at radius 1 is 1.53 bits per heavy atom. The van der Waals surface area contributed by atoms with Crippen molar-refractivity contribution < 1.29 is 4.74 Å². The second kappa shape index (κ2) is 6.95. The van der Waals surface area contributed by atoms with E-state index < -0.39 is 5.54 Å². The smallest absolute Gasteiger partial charge is 0.116 e. The van der Waals surface area contributed by atoms with E-state index in [0.717, 1.165) is 45.7 Å². The van der Waals surface area contributed by atoms with Gasteiger partial charge >= 0.3 is 0 Å². The second-order valence-electron chi connectivity index (χ2n) is 4.98. The topological polar surface area (TPSA) is 48.3 Å². The molecule has 0 radical (unpaired) electrons. The number of nitriles is 1. The summed E-state index contributed by atoms with van der Waals surface area (Å²) < 4.78 is 5.49. The van der Waals surface area contributed by atoms with E-state index in [0.29, 0.717) is 6.04 Å². The van der Waals surface area contributed by atoms with Gasteiger partial charge in [0.15, 0.2) is 0 Å². The lowest BCUT2D eigenvalue weighted by Gasteiger charge is -2.39. The van der Waals surface area contributed by atoms with Crippen molar-refractivity contribution >= 4 is 0 Å². The molecule has 0 aromatic heterocycles. The highest BCUT2D eigenvalue weighted by Crippen LogP contribution is 2.14. The summed E-state index contributed by atoms with van der Waals surface area (Å²) in [4.78, 5) is 2.38. The molecule has 98 valence electrons. The molecule has 1 aliphatic rings. The predicted octanol–water partition coefficient (Wildman–Crippen LogP) is 1.38. The summed E-state index contributed by atoms with van der Waals surface area (Å²) in [6, 6.07) is 2.87. The summed E-state index contributed by atoms with van der Waals surface area (Å²) >= 11 is 0. The largest absolute Gasteiger partial charge is 0.378 e. The van der Waals surface area contributed by atoms with E-state index >= 15 is 0 Å². The standard InChI is InChI=1S/C13H25N3O/c1-4-6-15-13(3,10-14)11-16-7-8-17-9-12(16)5-2/h12,15H,4-9,11H2,1-3H3. The molecule has 0 amide bonds. The molecule has 0 aliphatic carbocycles. The molecule has 4 heteroatoms. The van der Waals surface area contributed by atoms with Crippen molar-refractivity contribution in [2.24, 2.45) is 0 Å². The van der Waals surface area contributed by atoms with Gasteiger partial charge in [-0.15, -0.1) is 0 Å². The fourth-order valence-corrected chi connectivity index (χ4v) is 2.21. The van der Waals surface area contributed by atoms with E-state index in [1.165, 1.54) is 0 Å². The molecule has 1 aliphatic heterocycles. The van der Waals surface area contributed by atoms with Crippen molar-refractivity contribution in [3.63, 3.8) is 0 Å². The van der Waals surface area contributed by atoms with Gasteiger partial charge in [-0.1, -0.05) is 13.8 Å². The van der Waals surface area contributed by atoms with Crippen LogP contribution in [0.2, 0.25) is 0 Å². The first-order valence-electron chi connectivity index (χ1n) is 6.63. The second-order valence-corrected chi connectivity index (χ2v) is 4.98. The summed E-state index contributed by atoms with van der Waals surface area (Å²) in [6.07, 6.45) is 2.13. The van der Waals surface area contributed by atoms with Crippen LogP contribution in [0.15, 0.2) is 0 Å². The average Bonchev–Trinajstić information content (AvgIpc) is 2.37.